The van der Waals surface area contributed by atoms with E-state index in [1.807, 2.05) is 0 Å². The molecule has 6 atom stereocenters. The van der Waals surface area contributed by atoms with Crippen molar-refractivity contribution in [2.75, 3.05) is 21.2 Å². The molecule has 6 unspecified atom stereocenters. The quantitative estimate of drug-likeness (QED) is 0.499. The van der Waals surface area contributed by atoms with E-state index in [0.29, 0.717) is 5.56 Å². The minimum Gasteiger partial charge on any atom is -0.507 e. The second kappa shape index (κ2) is 7.78. The Kier molecular flexibility index (Phi) is 5.33. The lowest BCUT2D eigenvalue weighted by molar-refractivity contribution is -0.182. The van der Waals surface area contributed by atoms with Crippen molar-refractivity contribution >= 4 is 29.3 Å². The number of phenolic OH excluding ortho intramolecular Hbond substituents is 1. The third-order valence-corrected chi connectivity index (χ3v) is 7.02. The first-order valence-corrected chi connectivity index (χ1v) is 10.4. The molecule has 4 rings (SSSR count). The molecule has 0 aromatic heterocycles. The molecule has 1 aromatic carbocycles. The molecular weight excluding hydrogens is 432 g/mol. The van der Waals surface area contributed by atoms with Gasteiger partial charge in [0.25, 0.3) is 0 Å². The first-order valence-electron chi connectivity index (χ1n) is 10.4. The summed E-state index contributed by atoms with van der Waals surface area (Å²) in [6, 6.07) is 5.14. The number of aromatic hydroxyl groups is 1. The molecule has 172 valence electrons. The number of fused-ring (bicyclic) bond motifs is 3. The van der Waals surface area contributed by atoms with Crippen molar-refractivity contribution < 1.29 is 38.6 Å². The molecule has 10 heteroatoms. The van der Waals surface area contributed by atoms with Gasteiger partial charge in [-0.05, 0) is 44.5 Å². The Morgan fingerprint density at radius 1 is 1.21 bits per heavy atom. The third kappa shape index (κ3) is 2.99. The van der Waals surface area contributed by atoms with Crippen LogP contribution < -0.4 is 0 Å². The molecular formula is C23H22N2O8. The van der Waals surface area contributed by atoms with Gasteiger partial charge in [-0.25, -0.2) is 4.79 Å². The lowest BCUT2D eigenvalue weighted by atomic mass is 9.52. The summed E-state index contributed by atoms with van der Waals surface area (Å²) >= 11 is 0. The van der Waals surface area contributed by atoms with Gasteiger partial charge in [0.05, 0.1) is 30.7 Å². The van der Waals surface area contributed by atoms with Crippen LogP contribution in [0.25, 0.3) is 0 Å². The summed E-state index contributed by atoms with van der Waals surface area (Å²) in [5.41, 5.74) is -1.99. The zero-order chi connectivity index (χ0) is 24.2. The average Bonchev–Trinajstić information content (AvgIpc) is 2.75. The molecule has 3 aliphatic rings. The van der Waals surface area contributed by atoms with Crippen LogP contribution in [0, 0.1) is 35.0 Å². The van der Waals surface area contributed by atoms with Crippen molar-refractivity contribution in [3.63, 3.8) is 0 Å². The number of likely N-dealkylation sites (N-methyl/N-ethyl adjacent to an activating group) is 1. The van der Waals surface area contributed by atoms with E-state index in [-0.39, 0.29) is 24.2 Å². The minimum absolute atomic E-state index is 0.0147. The maximum Gasteiger partial charge on any atom is 0.509 e. The molecule has 2 fully saturated rings. The molecule has 1 N–H and O–H groups in total. The van der Waals surface area contributed by atoms with Crippen LogP contribution in [0.1, 0.15) is 22.3 Å². The van der Waals surface area contributed by atoms with Crippen LogP contribution in [0.3, 0.4) is 0 Å². The standard InChI is InChI=1S/C23H22N2O8/c1-25(2)17-13-8-11-7-10-5-4-6-14(26)15(10)19(28)16(11)21(30)23(13,33-22(31)32-3)20(29)12(9-24)18(17)27/h4-6,11-13,16-17,26H,7-8H2,1-3H3. The number of nitrogens with zero attached hydrogens (tertiary/aromatic N) is 2. The van der Waals surface area contributed by atoms with Crippen molar-refractivity contribution in [1.29, 1.82) is 5.26 Å². The predicted octanol–water partition coefficient (Wildman–Crippen LogP) is 0.696. The summed E-state index contributed by atoms with van der Waals surface area (Å²) in [5.74, 6) is -8.75. The summed E-state index contributed by atoms with van der Waals surface area (Å²) in [6.45, 7) is 0. The van der Waals surface area contributed by atoms with Crippen LogP contribution >= 0.6 is 0 Å². The lowest BCUT2D eigenvalue weighted by Crippen LogP contribution is -2.74. The number of carbonyl (C=O) groups excluding carboxylic acids is 5. The smallest absolute Gasteiger partial charge is 0.507 e. The number of hydrogen-bond donors (Lipinski definition) is 1. The van der Waals surface area contributed by atoms with Crippen molar-refractivity contribution in [3.05, 3.63) is 29.3 Å². The molecule has 2 saturated carbocycles. The highest BCUT2D eigenvalue weighted by molar-refractivity contribution is 6.28. The highest BCUT2D eigenvalue weighted by atomic mass is 16.7. The van der Waals surface area contributed by atoms with Gasteiger partial charge in [0.15, 0.2) is 23.3 Å². The van der Waals surface area contributed by atoms with E-state index in [4.69, 9.17) is 4.74 Å². The second-order valence-corrected chi connectivity index (χ2v) is 8.85. The average molecular weight is 454 g/mol. The fraction of sp³-hybridized carbons (Fsp3) is 0.478. The number of Topliss-reactive ketones (excluding diaryl/α,β-unsaturated/α-hetero) is 4. The van der Waals surface area contributed by atoms with Gasteiger partial charge in [-0.1, -0.05) is 12.1 Å². The summed E-state index contributed by atoms with van der Waals surface area (Å²) in [5, 5.41) is 19.8. The number of ketones is 4. The van der Waals surface area contributed by atoms with Gasteiger partial charge >= 0.3 is 6.16 Å². The zero-order valence-corrected chi connectivity index (χ0v) is 18.2. The molecule has 0 bridgehead atoms. The van der Waals surface area contributed by atoms with Crippen LogP contribution in [0.4, 0.5) is 4.79 Å². The van der Waals surface area contributed by atoms with Crippen LogP contribution in [-0.2, 0) is 30.3 Å². The number of carbonyl (C=O) groups is 5. The first-order chi connectivity index (χ1) is 15.6. The van der Waals surface area contributed by atoms with Crippen LogP contribution in [0.5, 0.6) is 5.75 Å². The Morgan fingerprint density at radius 2 is 1.91 bits per heavy atom. The van der Waals surface area contributed by atoms with Crippen molar-refractivity contribution in [2.24, 2.45) is 23.7 Å². The number of benzene rings is 1. The van der Waals surface area contributed by atoms with E-state index in [1.54, 1.807) is 32.3 Å². The maximum absolute atomic E-state index is 14.0. The highest BCUT2D eigenvalue weighted by Crippen LogP contribution is 2.52. The van der Waals surface area contributed by atoms with Crippen molar-refractivity contribution in [2.45, 2.75) is 24.5 Å². The SMILES string of the molecule is COC(=O)OC12C(=O)C(C#N)C(=O)C(N(C)C)C1CC1Cc3cccc(O)c3C(=O)C1C2=O. The Labute approximate surface area is 189 Å². The van der Waals surface area contributed by atoms with Gasteiger partial charge in [-0.3, -0.25) is 24.1 Å². The molecule has 0 saturated heterocycles. The largest absolute Gasteiger partial charge is 0.509 e. The fourth-order valence-electron chi connectivity index (χ4n) is 5.72. The topological polar surface area (TPSA) is 151 Å². The van der Waals surface area contributed by atoms with E-state index in [9.17, 15) is 34.3 Å². The molecule has 0 spiro atoms. The minimum atomic E-state index is -2.53. The normalized spacial score (nSPS) is 33.0. The number of phenols is 1. The summed E-state index contributed by atoms with van der Waals surface area (Å²) in [4.78, 5) is 67.6. The number of rotatable bonds is 2. The predicted molar refractivity (Wildman–Crippen MR) is 109 cm³/mol. The Bertz CT molecular complexity index is 1140. The van der Waals surface area contributed by atoms with Gasteiger partial charge in [-0.2, -0.15) is 5.26 Å². The Balaban J connectivity index is 1.94. The van der Waals surface area contributed by atoms with E-state index < -0.39 is 64.6 Å². The first kappa shape index (κ1) is 22.6. The lowest BCUT2D eigenvalue weighted by Gasteiger charge is -2.53. The number of nitriles is 1. The van der Waals surface area contributed by atoms with Gasteiger partial charge in [0.1, 0.15) is 5.75 Å². The van der Waals surface area contributed by atoms with Gasteiger partial charge in [0.2, 0.25) is 11.4 Å². The van der Waals surface area contributed by atoms with Gasteiger partial charge in [0, 0.05) is 5.92 Å². The highest BCUT2D eigenvalue weighted by Gasteiger charge is 2.71. The fourth-order valence-corrected chi connectivity index (χ4v) is 5.72. The van der Waals surface area contributed by atoms with Crippen molar-refractivity contribution in [3.8, 4) is 11.8 Å². The van der Waals surface area contributed by atoms with Gasteiger partial charge in [-0.15, -0.1) is 0 Å². The summed E-state index contributed by atoms with van der Waals surface area (Å²) < 4.78 is 9.88. The number of methoxy groups -OCH3 is 1. The Hall–Kier alpha value is -3.58. The van der Waals surface area contributed by atoms with E-state index in [2.05, 4.69) is 4.74 Å². The Morgan fingerprint density at radius 3 is 2.52 bits per heavy atom. The van der Waals surface area contributed by atoms with Crippen LogP contribution in [-0.4, -0.2) is 72.1 Å². The van der Waals surface area contributed by atoms with Crippen LogP contribution in [0.2, 0.25) is 0 Å². The molecule has 0 heterocycles. The second-order valence-electron chi connectivity index (χ2n) is 8.85. The molecule has 0 radical (unpaired) electrons. The third-order valence-electron chi connectivity index (χ3n) is 7.02. The molecule has 3 aliphatic carbocycles. The van der Waals surface area contributed by atoms with E-state index in [0.717, 1.165) is 7.11 Å². The van der Waals surface area contributed by atoms with Crippen LogP contribution in [0.15, 0.2) is 18.2 Å². The van der Waals surface area contributed by atoms with E-state index >= 15 is 0 Å². The molecule has 1 aromatic rings. The molecule has 10 nitrogen and oxygen atoms in total. The molecule has 0 aliphatic heterocycles. The molecule has 0 amide bonds. The maximum atomic E-state index is 14.0. The summed E-state index contributed by atoms with van der Waals surface area (Å²) in [7, 11) is 4.12. The molecule has 33 heavy (non-hydrogen) atoms. The number of ether oxygens (including phenoxy) is 2. The number of hydrogen-bond acceptors (Lipinski definition) is 10. The zero-order valence-electron chi connectivity index (χ0n) is 18.2. The van der Waals surface area contributed by atoms with E-state index in [1.165, 1.54) is 11.0 Å². The van der Waals surface area contributed by atoms with Crippen molar-refractivity contribution in [1.82, 2.24) is 4.90 Å². The summed E-state index contributed by atoms with van der Waals surface area (Å²) in [6.07, 6.45) is -1.05. The monoisotopic (exact) mass is 454 g/mol. The van der Waals surface area contributed by atoms with Gasteiger partial charge < -0.3 is 14.6 Å².